The van der Waals surface area contributed by atoms with Gasteiger partial charge in [-0.1, -0.05) is 16.7 Å². The van der Waals surface area contributed by atoms with Crippen LogP contribution >= 0.6 is 27.5 Å². The highest BCUT2D eigenvalue weighted by molar-refractivity contribution is 9.10. The van der Waals surface area contributed by atoms with Gasteiger partial charge in [0.25, 0.3) is 0 Å². The number of hydrogen-bond acceptors (Lipinski definition) is 4. The number of anilines is 1. The Morgan fingerprint density at radius 2 is 2.44 bits per heavy atom. The van der Waals surface area contributed by atoms with Gasteiger partial charge in [-0.15, -0.1) is 0 Å². The van der Waals surface area contributed by atoms with Crippen LogP contribution in [0.3, 0.4) is 0 Å². The summed E-state index contributed by atoms with van der Waals surface area (Å²) in [6, 6.07) is 0. The largest absolute Gasteiger partial charge is 0.295 e. The van der Waals surface area contributed by atoms with E-state index in [0.29, 0.717) is 29.8 Å². The predicted molar refractivity (Wildman–Crippen MR) is 69.2 cm³/mol. The first-order valence-corrected chi connectivity index (χ1v) is 6.27. The van der Waals surface area contributed by atoms with E-state index in [0.717, 1.165) is 0 Å². The number of azide groups is 1. The first-order chi connectivity index (χ1) is 8.63. The summed E-state index contributed by atoms with van der Waals surface area (Å²) in [5.41, 5.74) is 8.27. The molecule has 1 aromatic heterocycles. The fourth-order valence-corrected chi connectivity index (χ4v) is 2.34. The highest BCUT2D eigenvalue weighted by atomic mass is 79.9. The normalized spacial score (nSPS) is 18.9. The van der Waals surface area contributed by atoms with Crippen LogP contribution in [0.5, 0.6) is 0 Å². The number of aromatic nitrogens is 2. The first kappa shape index (κ1) is 13.1. The topological polar surface area (TPSA) is 94.9 Å². The quantitative estimate of drug-likeness (QED) is 0.368. The van der Waals surface area contributed by atoms with Crippen molar-refractivity contribution in [1.82, 2.24) is 9.97 Å². The minimum Gasteiger partial charge on any atom is -0.295 e. The molecule has 0 aliphatic carbocycles. The van der Waals surface area contributed by atoms with E-state index in [-0.39, 0.29) is 17.0 Å². The summed E-state index contributed by atoms with van der Waals surface area (Å²) in [4.78, 5) is 23.9. The molecule has 2 rings (SSSR count). The zero-order chi connectivity index (χ0) is 13.1. The van der Waals surface area contributed by atoms with Gasteiger partial charge in [0.15, 0.2) is 5.82 Å². The van der Waals surface area contributed by atoms with Crippen molar-refractivity contribution < 1.29 is 4.79 Å². The molecule has 0 N–H and O–H groups in total. The van der Waals surface area contributed by atoms with E-state index in [4.69, 9.17) is 17.1 Å². The van der Waals surface area contributed by atoms with Crippen molar-refractivity contribution in [2.45, 2.75) is 6.42 Å². The van der Waals surface area contributed by atoms with Gasteiger partial charge in [0, 0.05) is 24.4 Å². The highest BCUT2D eigenvalue weighted by Crippen LogP contribution is 2.32. The molecule has 9 heteroatoms. The molecule has 7 nitrogen and oxygen atoms in total. The standard InChI is InChI=1S/C9H8BrClN6O/c10-7-8(11)13-4-14-9(7)17-3-5(1-6(17)18)2-15-16-12/h4-5H,1-3H2. The molecule has 1 aromatic rings. The van der Waals surface area contributed by atoms with E-state index >= 15 is 0 Å². The number of halogens is 2. The summed E-state index contributed by atoms with van der Waals surface area (Å²) in [5.74, 6) is 0.390. The predicted octanol–water partition coefficient (Wildman–Crippen LogP) is 2.56. The van der Waals surface area contributed by atoms with Crippen LogP contribution in [0.2, 0.25) is 5.15 Å². The van der Waals surface area contributed by atoms with E-state index in [9.17, 15) is 4.79 Å². The Bertz CT molecular complexity index is 532. The number of carbonyl (C=O) groups excluding carboxylic acids is 1. The number of hydrogen-bond donors (Lipinski definition) is 0. The summed E-state index contributed by atoms with van der Waals surface area (Å²) in [5, 5.41) is 3.74. The summed E-state index contributed by atoms with van der Waals surface area (Å²) in [6.45, 7) is 0.763. The third kappa shape index (κ3) is 2.55. The average molecular weight is 332 g/mol. The molecular formula is C9H8BrClN6O. The first-order valence-electron chi connectivity index (χ1n) is 5.10. The van der Waals surface area contributed by atoms with Gasteiger partial charge in [0.1, 0.15) is 11.5 Å². The monoisotopic (exact) mass is 330 g/mol. The molecule has 1 aliphatic rings. The maximum Gasteiger partial charge on any atom is 0.228 e. The molecule has 1 aliphatic heterocycles. The number of amides is 1. The molecule has 94 valence electrons. The Kier molecular flexibility index (Phi) is 4.00. The molecule has 0 bridgehead atoms. The smallest absolute Gasteiger partial charge is 0.228 e. The molecule has 1 fully saturated rings. The van der Waals surface area contributed by atoms with Gasteiger partial charge in [-0.05, 0) is 27.4 Å². The molecule has 1 amide bonds. The third-order valence-electron chi connectivity index (χ3n) is 2.59. The Morgan fingerprint density at radius 3 is 3.17 bits per heavy atom. The van der Waals surface area contributed by atoms with Gasteiger partial charge < -0.3 is 0 Å². The van der Waals surface area contributed by atoms with Crippen molar-refractivity contribution >= 4 is 39.3 Å². The molecular weight excluding hydrogens is 323 g/mol. The number of rotatable bonds is 3. The van der Waals surface area contributed by atoms with E-state index in [1.807, 2.05) is 0 Å². The fourth-order valence-electron chi connectivity index (χ4n) is 1.79. The van der Waals surface area contributed by atoms with Crippen molar-refractivity contribution in [3.05, 3.63) is 26.4 Å². The van der Waals surface area contributed by atoms with Crippen LogP contribution in [0.15, 0.2) is 15.9 Å². The number of carbonyl (C=O) groups is 1. The van der Waals surface area contributed by atoms with Gasteiger partial charge >= 0.3 is 0 Å². The molecule has 0 radical (unpaired) electrons. The Labute approximate surface area is 116 Å². The summed E-state index contributed by atoms with van der Waals surface area (Å²) >= 11 is 9.11. The van der Waals surface area contributed by atoms with E-state index < -0.39 is 0 Å². The summed E-state index contributed by atoms with van der Waals surface area (Å²) in [7, 11) is 0. The maximum atomic E-state index is 11.9. The molecule has 0 spiro atoms. The van der Waals surface area contributed by atoms with Crippen LogP contribution < -0.4 is 4.90 Å². The SMILES string of the molecule is [N-]=[N+]=NCC1CC(=O)N(c2ncnc(Cl)c2Br)C1. The highest BCUT2D eigenvalue weighted by Gasteiger charge is 2.32. The van der Waals surface area contributed by atoms with Gasteiger partial charge in [-0.2, -0.15) is 0 Å². The molecule has 1 saturated heterocycles. The van der Waals surface area contributed by atoms with Crippen LogP contribution in [0, 0.1) is 5.92 Å². The molecule has 0 aromatic carbocycles. The lowest BCUT2D eigenvalue weighted by atomic mass is 10.1. The Balaban J connectivity index is 2.21. The third-order valence-corrected chi connectivity index (χ3v) is 3.84. The lowest BCUT2D eigenvalue weighted by Crippen LogP contribution is -2.26. The lowest BCUT2D eigenvalue weighted by Gasteiger charge is -2.16. The van der Waals surface area contributed by atoms with Crippen molar-refractivity contribution in [2.75, 3.05) is 18.0 Å². The van der Waals surface area contributed by atoms with E-state index in [1.54, 1.807) is 0 Å². The molecule has 1 unspecified atom stereocenters. The van der Waals surface area contributed by atoms with E-state index in [2.05, 4.69) is 35.9 Å². The molecule has 2 heterocycles. The van der Waals surface area contributed by atoms with E-state index in [1.165, 1.54) is 11.2 Å². The minimum absolute atomic E-state index is 0.00837. The average Bonchev–Trinajstić information content (AvgIpc) is 2.71. The van der Waals surface area contributed by atoms with Gasteiger partial charge in [-0.3, -0.25) is 9.69 Å². The Morgan fingerprint density at radius 1 is 1.67 bits per heavy atom. The minimum atomic E-state index is -0.0661. The number of nitrogens with zero attached hydrogens (tertiary/aromatic N) is 6. The van der Waals surface area contributed by atoms with Crippen LogP contribution in [-0.2, 0) is 4.79 Å². The van der Waals surface area contributed by atoms with Crippen molar-refractivity contribution in [3.63, 3.8) is 0 Å². The second-order valence-electron chi connectivity index (χ2n) is 3.79. The summed E-state index contributed by atoms with van der Waals surface area (Å²) in [6.07, 6.45) is 1.64. The Hall–Kier alpha value is -1.37. The molecule has 1 atom stereocenters. The maximum absolute atomic E-state index is 11.9. The molecule has 0 saturated carbocycles. The van der Waals surface area contributed by atoms with Crippen LogP contribution in [0.4, 0.5) is 5.82 Å². The van der Waals surface area contributed by atoms with Crippen LogP contribution in [-0.4, -0.2) is 29.0 Å². The second-order valence-corrected chi connectivity index (χ2v) is 4.94. The van der Waals surface area contributed by atoms with Gasteiger partial charge in [0.05, 0.1) is 4.47 Å². The summed E-state index contributed by atoms with van der Waals surface area (Å²) < 4.78 is 0.490. The van der Waals surface area contributed by atoms with Crippen molar-refractivity contribution in [2.24, 2.45) is 11.0 Å². The van der Waals surface area contributed by atoms with Crippen LogP contribution in [0.1, 0.15) is 6.42 Å². The fraction of sp³-hybridized carbons (Fsp3) is 0.444. The van der Waals surface area contributed by atoms with Gasteiger partial charge in [0.2, 0.25) is 5.91 Å². The van der Waals surface area contributed by atoms with Crippen LogP contribution in [0.25, 0.3) is 10.4 Å². The lowest BCUT2D eigenvalue weighted by molar-refractivity contribution is -0.117. The van der Waals surface area contributed by atoms with Gasteiger partial charge in [-0.25, -0.2) is 9.97 Å². The zero-order valence-electron chi connectivity index (χ0n) is 9.12. The van der Waals surface area contributed by atoms with Crippen molar-refractivity contribution in [1.29, 1.82) is 0 Å². The molecule has 18 heavy (non-hydrogen) atoms. The zero-order valence-corrected chi connectivity index (χ0v) is 11.5. The van der Waals surface area contributed by atoms with Crippen molar-refractivity contribution in [3.8, 4) is 0 Å². The second kappa shape index (κ2) is 5.51.